The van der Waals surface area contributed by atoms with Crippen molar-refractivity contribution in [2.24, 2.45) is 0 Å². The van der Waals surface area contributed by atoms with Gasteiger partial charge in [-0.15, -0.1) is 13.2 Å². The third kappa shape index (κ3) is 4.73. The van der Waals surface area contributed by atoms with Crippen LogP contribution in [-0.4, -0.2) is 39.4 Å². The van der Waals surface area contributed by atoms with Crippen molar-refractivity contribution < 1.29 is 9.59 Å². The molecule has 6 heteroatoms. The van der Waals surface area contributed by atoms with Crippen LogP contribution >= 0.6 is 0 Å². The van der Waals surface area contributed by atoms with Gasteiger partial charge in [-0.25, -0.2) is 4.98 Å². The fourth-order valence-electron chi connectivity index (χ4n) is 2.80. The topological polar surface area (TPSA) is 67.2 Å². The van der Waals surface area contributed by atoms with Gasteiger partial charge in [0.15, 0.2) is 0 Å². The smallest absolute Gasteiger partial charge is 0.246 e. The molecule has 0 radical (unpaired) electrons. The molecule has 0 aliphatic rings. The number of hydrogen-bond acceptors (Lipinski definition) is 3. The number of carbonyl (C=O) groups is 2. The molecule has 0 bridgehead atoms. The standard InChI is InChI=1S/C21H26N4O2/c1-6-12-24(13-7-2)19(26)14-25-18-11-9-8-10-17(18)23-20(25)16(5)22-21(27)15(3)4/h6-11,16H,1-3,12-14H2,4-5H3,(H,22,27). The summed E-state index contributed by atoms with van der Waals surface area (Å²) in [6.45, 7) is 15.6. The lowest BCUT2D eigenvalue weighted by atomic mass is 10.2. The van der Waals surface area contributed by atoms with E-state index in [4.69, 9.17) is 0 Å². The summed E-state index contributed by atoms with van der Waals surface area (Å²) >= 11 is 0. The average Bonchev–Trinajstić information content (AvgIpc) is 3.00. The molecule has 1 atom stereocenters. The van der Waals surface area contributed by atoms with E-state index < -0.39 is 0 Å². The van der Waals surface area contributed by atoms with Gasteiger partial charge in [0.1, 0.15) is 12.4 Å². The fourth-order valence-corrected chi connectivity index (χ4v) is 2.80. The molecule has 1 N–H and O–H groups in total. The summed E-state index contributed by atoms with van der Waals surface area (Å²) < 4.78 is 1.85. The van der Waals surface area contributed by atoms with E-state index in [1.807, 2.05) is 35.8 Å². The second kappa shape index (κ2) is 8.98. The van der Waals surface area contributed by atoms with Crippen molar-refractivity contribution in [2.75, 3.05) is 13.1 Å². The zero-order valence-corrected chi connectivity index (χ0v) is 15.9. The summed E-state index contributed by atoms with van der Waals surface area (Å²) in [7, 11) is 0. The lowest BCUT2D eigenvalue weighted by Gasteiger charge is -2.21. The molecule has 0 saturated carbocycles. The number of nitrogens with zero attached hydrogens (tertiary/aromatic N) is 3. The van der Waals surface area contributed by atoms with Gasteiger partial charge in [0.25, 0.3) is 0 Å². The largest absolute Gasteiger partial charge is 0.343 e. The monoisotopic (exact) mass is 366 g/mol. The maximum absolute atomic E-state index is 12.8. The highest BCUT2D eigenvalue weighted by atomic mass is 16.2. The summed E-state index contributed by atoms with van der Waals surface area (Å²) in [5.74, 6) is 0.307. The number of imidazole rings is 1. The third-order valence-electron chi connectivity index (χ3n) is 4.15. The molecule has 1 unspecified atom stereocenters. The Kier molecular flexibility index (Phi) is 6.71. The van der Waals surface area contributed by atoms with E-state index in [1.54, 1.807) is 24.0 Å². The van der Waals surface area contributed by atoms with E-state index in [9.17, 15) is 9.59 Å². The Morgan fingerprint density at radius 3 is 2.48 bits per heavy atom. The first-order valence-electron chi connectivity index (χ1n) is 8.80. The summed E-state index contributed by atoms with van der Waals surface area (Å²) in [6, 6.07) is 7.22. The molecule has 2 rings (SSSR count). The first-order valence-corrected chi connectivity index (χ1v) is 8.80. The Balaban J connectivity index is 2.39. The lowest BCUT2D eigenvalue weighted by molar-refractivity contribution is -0.130. The molecule has 2 aromatic rings. The van der Waals surface area contributed by atoms with Gasteiger partial charge < -0.3 is 14.8 Å². The van der Waals surface area contributed by atoms with E-state index in [0.29, 0.717) is 24.5 Å². The van der Waals surface area contributed by atoms with Crippen molar-refractivity contribution in [3.63, 3.8) is 0 Å². The molecule has 0 aliphatic heterocycles. The fraction of sp³-hybridized carbons (Fsp3) is 0.286. The van der Waals surface area contributed by atoms with Crippen LogP contribution < -0.4 is 5.32 Å². The second-order valence-corrected chi connectivity index (χ2v) is 6.40. The van der Waals surface area contributed by atoms with Crippen molar-refractivity contribution in [3.8, 4) is 0 Å². The summed E-state index contributed by atoms with van der Waals surface area (Å²) in [5.41, 5.74) is 2.04. The summed E-state index contributed by atoms with van der Waals surface area (Å²) in [5, 5.41) is 2.87. The predicted octanol–water partition coefficient (Wildman–Crippen LogP) is 2.99. The summed E-state index contributed by atoms with van der Waals surface area (Å²) in [4.78, 5) is 31.1. The van der Waals surface area contributed by atoms with Crippen LogP contribution in [0.25, 0.3) is 11.0 Å². The molecule has 1 aromatic heterocycles. The molecule has 0 saturated heterocycles. The van der Waals surface area contributed by atoms with Crippen LogP contribution in [-0.2, 0) is 16.1 Å². The van der Waals surface area contributed by atoms with Crippen molar-refractivity contribution in [2.45, 2.75) is 26.4 Å². The maximum atomic E-state index is 12.8. The first kappa shape index (κ1) is 20.2. The number of rotatable bonds is 9. The number of para-hydroxylation sites is 2. The number of aromatic nitrogens is 2. The predicted molar refractivity (Wildman–Crippen MR) is 108 cm³/mol. The van der Waals surface area contributed by atoms with Gasteiger partial charge in [-0.2, -0.15) is 0 Å². The first-order chi connectivity index (χ1) is 12.9. The Hall–Kier alpha value is -3.15. The van der Waals surface area contributed by atoms with Crippen LogP contribution in [0.15, 0.2) is 61.7 Å². The van der Waals surface area contributed by atoms with Crippen LogP contribution in [0.4, 0.5) is 0 Å². The zero-order chi connectivity index (χ0) is 20.0. The minimum atomic E-state index is -0.373. The number of hydrogen-bond donors (Lipinski definition) is 1. The molecule has 6 nitrogen and oxygen atoms in total. The van der Waals surface area contributed by atoms with E-state index in [-0.39, 0.29) is 24.4 Å². The van der Waals surface area contributed by atoms with Gasteiger partial charge >= 0.3 is 0 Å². The van der Waals surface area contributed by atoms with Gasteiger partial charge in [-0.3, -0.25) is 9.59 Å². The van der Waals surface area contributed by atoms with Crippen molar-refractivity contribution >= 4 is 22.8 Å². The normalized spacial score (nSPS) is 11.6. The van der Waals surface area contributed by atoms with Crippen LogP contribution in [0.3, 0.4) is 0 Å². The number of amides is 2. The molecule has 0 aliphatic carbocycles. The van der Waals surface area contributed by atoms with E-state index >= 15 is 0 Å². The van der Waals surface area contributed by atoms with Gasteiger partial charge in [0.05, 0.1) is 17.1 Å². The highest BCUT2D eigenvalue weighted by molar-refractivity contribution is 5.92. The van der Waals surface area contributed by atoms with Crippen LogP contribution in [0, 0.1) is 0 Å². The zero-order valence-electron chi connectivity index (χ0n) is 15.9. The van der Waals surface area contributed by atoms with Gasteiger partial charge in [0, 0.05) is 18.7 Å². The quantitative estimate of drug-likeness (QED) is 0.548. The molecule has 0 spiro atoms. The molecular weight excluding hydrogens is 340 g/mol. The molecule has 27 heavy (non-hydrogen) atoms. The van der Waals surface area contributed by atoms with Gasteiger partial charge in [0.2, 0.25) is 11.8 Å². The van der Waals surface area contributed by atoms with E-state index in [1.165, 1.54) is 0 Å². The van der Waals surface area contributed by atoms with Crippen LogP contribution in [0.1, 0.15) is 25.7 Å². The Morgan fingerprint density at radius 2 is 1.89 bits per heavy atom. The van der Waals surface area contributed by atoms with E-state index in [2.05, 4.69) is 30.0 Å². The molecule has 142 valence electrons. The Morgan fingerprint density at radius 1 is 1.26 bits per heavy atom. The minimum Gasteiger partial charge on any atom is -0.343 e. The number of carbonyl (C=O) groups excluding carboxylic acids is 2. The average molecular weight is 366 g/mol. The van der Waals surface area contributed by atoms with Gasteiger partial charge in [-0.05, 0) is 26.0 Å². The minimum absolute atomic E-state index is 0.0716. The lowest BCUT2D eigenvalue weighted by Crippen LogP contribution is -2.35. The van der Waals surface area contributed by atoms with Crippen molar-refractivity contribution in [1.82, 2.24) is 19.8 Å². The Labute approximate surface area is 159 Å². The maximum Gasteiger partial charge on any atom is 0.246 e. The van der Waals surface area contributed by atoms with Crippen LogP contribution in [0.2, 0.25) is 0 Å². The van der Waals surface area contributed by atoms with Gasteiger partial charge in [-0.1, -0.05) is 30.9 Å². The number of nitrogens with one attached hydrogen (secondary N) is 1. The SMILES string of the molecule is C=CCN(CC=C)C(=O)Cn1c(C(C)NC(=O)C(=C)C)nc2ccccc21. The highest BCUT2D eigenvalue weighted by Gasteiger charge is 2.21. The molecule has 1 aromatic carbocycles. The number of fused-ring (bicyclic) bond motifs is 1. The second-order valence-electron chi connectivity index (χ2n) is 6.40. The van der Waals surface area contributed by atoms with Crippen molar-refractivity contribution in [3.05, 3.63) is 67.6 Å². The highest BCUT2D eigenvalue weighted by Crippen LogP contribution is 2.21. The van der Waals surface area contributed by atoms with Crippen LogP contribution in [0.5, 0.6) is 0 Å². The third-order valence-corrected chi connectivity index (χ3v) is 4.15. The molecule has 0 fully saturated rings. The molecule has 1 heterocycles. The van der Waals surface area contributed by atoms with E-state index in [0.717, 1.165) is 11.0 Å². The Bertz CT molecular complexity index is 871. The molecular formula is C21H26N4O2. The summed E-state index contributed by atoms with van der Waals surface area (Å²) in [6.07, 6.45) is 3.37. The molecule has 2 amide bonds. The van der Waals surface area contributed by atoms with Crippen molar-refractivity contribution in [1.29, 1.82) is 0 Å². The number of benzene rings is 1.